The van der Waals surface area contributed by atoms with E-state index in [-0.39, 0.29) is 24.5 Å². The number of hydrogen-bond donors (Lipinski definition) is 2. The summed E-state index contributed by atoms with van der Waals surface area (Å²) in [6.07, 6.45) is 33.3. The Kier molecular flexibility index (Phi) is 29.7. The molecule has 0 aliphatic heterocycles. The highest BCUT2D eigenvalue weighted by molar-refractivity contribution is 5.80. The van der Waals surface area contributed by atoms with Gasteiger partial charge in [0.25, 0.3) is 0 Å². The van der Waals surface area contributed by atoms with Crippen molar-refractivity contribution in [3.05, 3.63) is 12.2 Å². The first-order valence-electron chi connectivity index (χ1n) is 17.3. The number of hydrogen-bond acceptors (Lipinski definition) is 4. The Balaban J connectivity index is 4.05. The summed E-state index contributed by atoms with van der Waals surface area (Å²) in [5, 5.41) is 11.0. The molecular formula is C35H65NO5. The van der Waals surface area contributed by atoms with Crippen LogP contribution in [0.1, 0.15) is 181 Å². The second-order valence-electron chi connectivity index (χ2n) is 11.8. The molecule has 0 spiro atoms. The van der Waals surface area contributed by atoms with E-state index in [1.165, 1.54) is 89.9 Å². The molecule has 0 saturated heterocycles. The summed E-state index contributed by atoms with van der Waals surface area (Å²) in [5.41, 5.74) is 0. The van der Waals surface area contributed by atoms with Crippen molar-refractivity contribution in [2.24, 2.45) is 0 Å². The maximum atomic E-state index is 12.6. The SMILES string of the molecule is CCCCCC/C=C\CCCCCCCC(=O)OC(CCCCCCCC)CCCCCCCC(=O)NCC(=O)O. The lowest BCUT2D eigenvalue weighted by Crippen LogP contribution is -2.28. The van der Waals surface area contributed by atoms with Crippen molar-refractivity contribution in [2.45, 2.75) is 187 Å². The molecule has 0 radical (unpaired) electrons. The molecule has 41 heavy (non-hydrogen) atoms. The number of aliphatic carboxylic acids is 1. The molecular weight excluding hydrogens is 514 g/mol. The Bertz CT molecular complexity index is 648. The first-order valence-corrected chi connectivity index (χ1v) is 17.3. The maximum absolute atomic E-state index is 12.6. The third-order valence-corrected chi connectivity index (χ3v) is 7.69. The van der Waals surface area contributed by atoms with Crippen LogP contribution in [0.5, 0.6) is 0 Å². The molecule has 0 rings (SSSR count). The average molecular weight is 580 g/mol. The van der Waals surface area contributed by atoms with E-state index in [1.54, 1.807) is 0 Å². The van der Waals surface area contributed by atoms with Gasteiger partial charge in [-0.25, -0.2) is 0 Å². The summed E-state index contributed by atoms with van der Waals surface area (Å²) >= 11 is 0. The number of ether oxygens (including phenoxy) is 1. The number of allylic oxidation sites excluding steroid dienone is 2. The highest BCUT2D eigenvalue weighted by atomic mass is 16.5. The number of rotatable bonds is 31. The molecule has 0 aliphatic carbocycles. The van der Waals surface area contributed by atoms with Gasteiger partial charge < -0.3 is 15.2 Å². The molecule has 240 valence electrons. The minimum absolute atomic E-state index is 0.0284. The van der Waals surface area contributed by atoms with Crippen LogP contribution in [0.15, 0.2) is 12.2 Å². The smallest absolute Gasteiger partial charge is 0.322 e. The summed E-state index contributed by atoms with van der Waals surface area (Å²) in [7, 11) is 0. The van der Waals surface area contributed by atoms with Crippen LogP contribution in [-0.2, 0) is 19.1 Å². The number of carboxylic acids is 1. The Labute approximate surface area is 252 Å². The van der Waals surface area contributed by atoms with Gasteiger partial charge >= 0.3 is 11.9 Å². The molecule has 0 heterocycles. The number of carbonyl (C=O) groups excluding carboxylic acids is 2. The van der Waals surface area contributed by atoms with Gasteiger partial charge in [-0.1, -0.05) is 116 Å². The van der Waals surface area contributed by atoms with E-state index in [1.807, 2.05) is 0 Å². The molecule has 0 aromatic rings. The predicted octanol–water partition coefficient (Wildman–Crippen LogP) is 9.84. The van der Waals surface area contributed by atoms with E-state index in [4.69, 9.17) is 9.84 Å². The summed E-state index contributed by atoms with van der Waals surface area (Å²) in [6, 6.07) is 0. The molecule has 6 heteroatoms. The van der Waals surface area contributed by atoms with Gasteiger partial charge in [0, 0.05) is 12.8 Å². The van der Waals surface area contributed by atoms with Crippen LogP contribution in [0.4, 0.5) is 0 Å². The van der Waals surface area contributed by atoms with Gasteiger partial charge in [0.1, 0.15) is 12.6 Å². The van der Waals surface area contributed by atoms with Crippen LogP contribution >= 0.6 is 0 Å². The van der Waals surface area contributed by atoms with Crippen LogP contribution in [0.2, 0.25) is 0 Å². The Hall–Kier alpha value is -1.85. The van der Waals surface area contributed by atoms with Crippen molar-refractivity contribution in [3.63, 3.8) is 0 Å². The number of esters is 1. The third-order valence-electron chi connectivity index (χ3n) is 7.69. The van der Waals surface area contributed by atoms with E-state index >= 15 is 0 Å². The largest absolute Gasteiger partial charge is 0.480 e. The molecule has 0 fully saturated rings. The lowest BCUT2D eigenvalue weighted by molar-refractivity contribution is -0.150. The lowest BCUT2D eigenvalue weighted by Gasteiger charge is -2.18. The molecule has 0 bridgehead atoms. The minimum atomic E-state index is -1.02. The summed E-state index contributed by atoms with van der Waals surface area (Å²) in [6.45, 7) is 4.18. The molecule has 0 aromatic carbocycles. The van der Waals surface area contributed by atoms with Crippen molar-refractivity contribution in [1.82, 2.24) is 5.32 Å². The van der Waals surface area contributed by atoms with Gasteiger partial charge in [0.15, 0.2) is 0 Å². The number of carboxylic acid groups (broad SMARTS) is 1. The van der Waals surface area contributed by atoms with Crippen molar-refractivity contribution >= 4 is 17.8 Å². The zero-order chi connectivity index (χ0) is 30.2. The van der Waals surface area contributed by atoms with Gasteiger partial charge in [0.2, 0.25) is 5.91 Å². The Morgan fingerprint density at radius 3 is 1.59 bits per heavy atom. The molecule has 1 unspecified atom stereocenters. The Morgan fingerprint density at radius 1 is 0.610 bits per heavy atom. The molecule has 0 saturated carbocycles. The average Bonchev–Trinajstić information content (AvgIpc) is 2.95. The first kappa shape index (κ1) is 39.1. The monoisotopic (exact) mass is 579 g/mol. The molecule has 1 atom stereocenters. The topological polar surface area (TPSA) is 92.7 Å². The predicted molar refractivity (Wildman–Crippen MR) is 171 cm³/mol. The van der Waals surface area contributed by atoms with E-state index in [0.29, 0.717) is 12.8 Å². The molecule has 0 aliphatic rings. The van der Waals surface area contributed by atoms with Crippen molar-refractivity contribution in [3.8, 4) is 0 Å². The van der Waals surface area contributed by atoms with Gasteiger partial charge in [0.05, 0.1) is 0 Å². The van der Waals surface area contributed by atoms with E-state index in [2.05, 4.69) is 31.3 Å². The van der Waals surface area contributed by atoms with Crippen molar-refractivity contribution < 1.29 is 24.2 Å². The van der Waals surface area contributed by atoms with Gasteiger partial charge in [-0.3, -0.25) is 14.4 Å². The highest BCUT2D eigenvalue weighted by Gasteiger charge is 2.14. The van der Waals surface area contributed by atoms with Crippen LogP contribution < -0.4 is 5.32 Å². The van der Waals surface area contributed by atoms with Crippen molar-refractivity contribution in [1.29, 1.82) is 0 Å². The van der Waals surface area contributed by atoms with Crippen LogP contribution in [0.3, 0.4) is 0 Å². The van der Waals surface area contributed by atoms with E-state index in [0.717, 1.165) is 64.2 Å². The van der Waals surface area contributed by atoms with Crippen LogP contribution in [0.25, 0.3) is 0 Å². The summed E-state index contributed by atoms with van der Waals surface area (Å²) in [4.78, 5) is 34.7. The highest BCUT2D eigenvalue weighted by Crippen LogP contribution is 2.18. The van der Waals surface area contributed by atoms with Gasteiger partial charge in [-0.2, -0.15) is 0 Å². The van der Waals surface area contributed by atoms with Crippen LogP contribution in [-0.4, -0.2) is 35.6 Å². The van der Waals surface area contributed by atoms with Gasteiger partial charge in [-0.05, 0) is 64.2 Å². The third kappa shape index (κ3) is 30.9. The van der Waals surface area contributed by atoms with E-state index < -0.39 is 5.97 Å². The number of carbonyl (C=O) groups is 3. The number of unbranched alkanes of at least 4 members (excludes halogenated alkanes) is 18. The Morgan fingerprint density at radius 2 is 1.05 bits per heavy atom. The first-order chi connectivity index (χ1) is 20.0. The van der Waals surface area contributed by atoms with Crippen LogP contribution in [0, 0.1) is 0 Å². The number of amides is 1. The van der Waals surface area contributed by atoms with E-state index in [9.17, 15) is 14.4 Å². The summed E-state index contributed by atoms with van der Waals surface area (Å²) in [5.74, 6) is -1.24. The van der Waals surface area contributed by atoms with Crippen molar-refractivity contribution in [2.75, 3.05) is 6.54 Å². The van der Waals surface area contributed by atoms with Gasteiger partial charge in [-0.15, -0.1) is 0 Å². The fourth-order valence-electron chi connectivity index (χ4n) is 5.10. The standard InChI is InChI=1S/C35H65NO5/c1-3-5-7-9-11-12-13-14-15-16-17-22-26-30-35(40)41-32(27-23-19-10-8-6-4-2)28-24-20-18-21-25-29-33(37)36-31-34(38)39/h12-13,32H,3-11,14-31H2,1-2H3,(H,36,37)(H,38,39)/b13-12-. The lowest BCUT2D eigenvalue weighted by atomic mass is 10.0. The zero-order valence-corrected chi connectivity index (χ0v) is 26.9. The molecule has 0 aromatic heterocycles. The zero-order valence-electron chi connectivity index (χ0n) is 26.9. The second kappa shape index (κ2) is 31.1. The molecule has 6 nitrogen and oxygen atoms in total. The second-order valence-corrected chi connectivity index (χ2v) is 11.8. The maximum Gasteiger partial charge on any atom is 0.322 e. The number of nitrogens with one attached hydrogen (secondary N) is 1. The fourth-order valence-corrected chi connectivity index (χ4v) is 5.10. The molecule has 2 N–H and O–H groups in total. The fraction of sp³-hybridized carbons (Fsp3) is 0.857. The molecule has 1 amide bonds. The summed E-state index contributed by atoms with van der Waals surface area (Å²) < 4.78 is 5.94. The quantitative estimate of drug-likeness (QED) is 0.0484. The normalized spacial score (nSPS) is 12.0. The minimum Gasteiger partial charge on any atom is -0.480 e.